The molecule has 0 radical (unpaired) electrons. The first-order valence-corrected chi connectivity index (χ1v) is 8.31. The Morgan fingerprint density at radius 2 is 2.32 bits per heavy atom. The van der Waals surface area contributed by atoms with Gasteiger partial charge in [0.2, 0.25) is 5.95 Å². The standard InChI is InChI=1S/C12H18FN2O3P/c1-3-18-19(2,17)8-4-6-15-12(16)10-5-7-14-11(13)9-10/h5,7,9H,3-4,6,8H2,1-2H3,(H,15,16). The lowest BCUT2D eigenvalue weighted by molar-refractivity contribution is 0.0953. The molecule has 19 heavy (non-hydrogen) atoms. The fourth-order valence-corrected chi connectivity index (χ4v) is 2.96. The zero-order valence-corrected chi connectivity index (χ0v) is 12.0. The minimum Gasteiger partial charge on any atom is -0.352 e. The molecule has 1 atom stereocenters. The van der Waals surface area contributed by atoms with Gasteiger partial charge in [-0.1, -0.05) is 0 Å². The van der Waals surface area contributed by atoms with E-state index < -0.39 is 13.3 Å². The Balaban J connectivity index is 2.34. The third-order valence-electron chi connectivity index (χ3n) is 2.42. The van der Waals surface area contributed by atoms with Crippen molar-refractivity contribution in [1.82, 2.24) is 10.3 Å². The van der Waals surface area contributed by atoms with E-state index in [0.29, 0.717) is 25.7 Å². The third kappa shape index (κ3) is 5.94. The lowest BCUT2D eigenvalue weighted by Crippen LogP contribution is -2.25. The van der Waals surface area contributed by atoms with Crippen molar-refractivity contribution in [2.24, 2.45) is 0 Å². The van der Waals surface area contributed by atoms with E-state index in [-0.39, 0.29) is 11.5 Å². The fraction of sp³-hybridized carbons (Fsp3) is 0.500. The first-order valence-electron chi connectivity index (χ1n) is 6.05. The normalized spacial score (nSPS) is 13.8. The summed E-state index contributed by atoms with van der Waals surface area (Å²) in [5.41, 5.74) is 0.219. The van der Waals surface area contributed by atoms with E-state index in [4.69, 9.17) is 4.52 Å². The second-order valence-electron chi connectivity index (χ2n) is 4.13. The maximum absolute atomic E-state index is 12.8. The Morgan fingerprint density at radius 3 is 2.95 bits per heavy atom. The minimum atomic E-state index is -2.55. The van der Waals surface area contributed by atoms with Crippen molar-refractivity contribution in [2.75, 3.05) is 26.0 Å². The molecule has 1 unspecified atom stereocenters. The average molecular weight is 288 g/mol. The van der Waals surface area contributed by atoms with Crippen LogP contribution in [0.25, 0.3) is 0 Å². The van der Waals surface area contributed by atoms with Crippen molar-refractivity contribution in [3.63, 3.8) is 0 Å². The van der Waals surface area contributed by atoms with Gasteiger partial charge in [0, 0.05) is 37.2 Å². The SMILES string of the molecule is CCOP(C)(=O)CCCNC(=O)c1ccnc(F)c1. The van der Waals surface area contributed by atoms with Crippen molar-refractivity contribution in [2.45, 2.75) is 13.3 Å². The average Bonchev–Trinajstić information content (AvgIpc) is 2.34. The summed E-state index contributed by atoms with van der Waals surface area (Å²) in [4.78, 5) is 15.0. The van der Waals surface area contributed by atoms with Gasteiger partial charge in [0.15, 0.2) is 7.37 Å². The van der Waals surface area contributed by atoms with Gasteiger partial charge in [0.05, 0.1) is 6.61 Å². The van der Waals surface area contributed by atoms with Gasteiger partial charge < -0.3 is 9.84 Å². The molecule has 0 aliphatic carbocycles. The molecule has 7 heteroatoms. The number of carbonyl (C=O) groups is 1. The molecule has 0 bridgehead atoms. The molecule has 0 aliphatic heterocycles. The molecule has 0 saturated heterocycles. The van der Waals surface area contributed by atoms with Gasteiger partial charge in [-0.2, -0.15) is 4.39 Å². The summed E-state index contributed by atoms with van der Waals surface area (Å²) in [6.45, 7) is 4.15. The maximum Gasteiger partial charge on any atom is 0.251 e. The Labute approximate surface area is 112 Å². The number of nitrogens with zero attached hydrogens (tertiary/aromatic N) is 1. The predicted molar refractivity (Wildman–Crippen MR) is 71.2 cm³/mol. The highest BCUT2D eigenvalue weighted by Crippen LogP contribution is 2.42. The maximum atomic E-state index is 12.8. The lowest BCUT2D eigenvalue weighted by Gasteiger charge is -2.12. The summed E-state index contributed by atoms with van der Waals surface area (Å²) < 4.78 is 29.7. The highest BCUT2D eigenvalue weighted by Gasteiger charge is 2.14. The number of hydrogen-bond acceptors (Lipinski definition) is 4. The smallest absolute Gasteiger partial charge is 0.251 e. The molecule has 0 spiro atoms. The van der Waals surface area contributed by atoms with Crippen LogP contribution in [-0.4, -0.2) is 36.9 Å². The third-order valence-corrected chi connectivity index (χ3v) is 4.35. The van der Waals surface area contributed by atoms with Crippen molar-refractivity contribution in [3.8, 4) is 0 Å². The van der Waals surface area contributed by atoms with E-state index in [1.54, 1.807) is 13.6 Å². The molecule has 1 aromatic rings. The van der Waals surface area contributed by atoms with E-state index in [1.165, 1.54) is 12.3 Å². The molecule has 0 saturated carbocycles. The Morgan fingerprint density at radius 1 is 1.58 bits per heavy atom. The molecule has 0 aliphatic rings. The van der Waals surface area contributed by atoms with Crippen molar-refractivity contribution >= 4 is 13.3 Å². The van der Waals surface area contributed by atoms with Crippen LogP contribution in [0.3, 0.4) is 0 Å². The van der Waals surface area contributed by atoms with E-state index in [1.807, 2.05) is 0 Å². The van der Waals surface area contributed by atoms with Crippen molar-refractivity contribution in [3.05, 3.63) is 29.8 Å². The molecular formula is C12H18FN2O3P. The molecule has 1 amide bonds. The summed E-state index contributed by atoms with van der Waals surface area (Å²) in [5.74, 6) is -1.06. The Bertz CT molecular complexity index is 482. The number of rotatable bonds is 7. The number of amides is 1. The van der Waals surface area contributed by atoms with Crippen LogP contribution in [0.15, 0.2) is 18.3 Å². The highest BCUT2D eigenvalue weighted by atomic mass is 31.2. The topological polar surface area (TPSA) is 68.3 Å². The van der Waals surface area contributed by atoms with Crippen LogP contribution in [0.4, 0.5) is 4.39 Å². The van der Waals surface area contributed by atoms with Gasteiger partial charge in [-0.25, -0.2) is 4.98 Å². The van der Waals surface area contributed by atoms with Gasteiger partial charge >= 0.3 is 0 Å². The summed E-state index contributed by atoms with van der Waals surface area (Å²) in [5, 5.41) is 2.63. The van der Waals surface area contributed by atoms with Gasteiger partial charge in [0.1, 0.15) is 0 Å². The molecule has 0 aromatic carbocycles. The molecular weight excluding hydrogens is 270 g/mol. The quantitative estimate of drug-likeness (QED) is 0.475. The van der Waals surface area contributed by atoms with Gasteiger partial charge in [-0.3, -0.25) is 9.36 Å². The van der Waals surface area contributed by atoms with Crippen molar-refractivity contribution in [1.29, 1.82) is 0 Å². The van der Waals surface area contributed by atoms with Gasteiger partial charge in [-0.05, 0) is 19.4 Å². The van der Waals surface area contributed by atoms with Crippen LogP contribution in [0.1, 0.15) is 23.7 Å². The molecule has 1 aromatic heterocycles. The molecule has 1 rings (SSSR count). The predicted octanol–water partition coefficient (Wildman–Crippen LogP) is 2.29. The number of hydrogen-bond donors (Lipinski definition) is 1. The van der Waals surface area contributed by atoms with Crippen LogP contribution < -0.4 is 5.32 Å². The lowest BCUT2D eigenvalue weighted by atomic mass is 10.2. The van der Waals surface area contributed by atoms with Crippen LogP contribution in [0.2, 0.25) is 0 Å². The molecule has 0 fully saturated rings. The summed E-state index contributed by atoms with van der Waals surface area (Å²) in [6, 6.07) is 2.50. The van der Waals surface area contributed by atoms with Crippen LogP contribution in [0.5, 0.6) is 0 Å². The highest BCUT2D eigenvalue weighted by molar-refractivity contribution is 7.58. The molecule has 106 valence electrons. The fourth-order valence-electron chi connectivity index (χ4n) is 1.55. The number of pyridine rings is 1. The first-order chi connectivity index (χ1) is 8.94. The van der Waals surface area contributed by atoms with E-state index in [9.17, 15) is 13.8 Å². The van der Waals surface area contributed by atoms with Gasteiger partial charge in [0.25, 0.3) is 5.91 Å². The van der Waals surface area contributed by atoms with Crippen molar-refractivity contribution < 1.29 is 18.3 Å². The summed E-state index contributed by atoms with van der Waals surface area (Å²) >= 11 is 0. The molecule has 5 nitrogen and oxygen atoms in total. The number of carbonyl (C=O) groups excluding carboxylic acids is 1. The largest absolute Gasteiger partial charge is 0.352 e. The minimum absolute atomic E-state index is 0.219. The Hall–Kier alpha value is -1.26. The second kappa shape index (κ2) is 7.36. The summed E-state index contributed by atoms with van der Waals surface area (Å²) in [6.07, 6.45) is 2.19. The second-order valence-corrected chi connectivity index (χ2v) is 6.87. The molecule has 1 N–H and O–H groups in total. The monoisotopic (exact) mass is 288 g/mol. The van der Waals surface area contributed by atoms with E-state index in [0.717, 1.165) is 6.07 Å². The summed E-state index contributed by atoms with van der Waals surface area (Å²) in [7, 11) is -2.55. The van der Waals surface area contributed by atoms with Crippen LogP contribution in [-0.2, 0) is 9.09 Å². The molecule has 1 heterocycles. The number of nitrogens with one attached hydrogen (secondary N) is 1. The first kappa shape index (κ1) is 15.8. The van der Waals surface area contributed by atoms with Crippen LogP contribution >= 0.6 is 7.37 Å². The Kier molecular flexibility index (Phi) is 6.12. The van der Waals surface area contributed by atoms with Gasteiger partial charge in [-0.15, -0.1) is 0 Å². The van der Waals surface area contributed by atoms with E-state index >= 15 is 0 Å². The van der Waals surface area contributed by atoms with Crippen LogP contribution in [0, 0.1) is 5.95 Å². The van der Waals surface area contributed by atoms with E-state index in [2.05, 4.69) is 10.3 Å². The number of aromatic nitrogens is 1. The zero-order chi connectivity index (χ0) is 14.3. The zero-order valence-electron chi connectivity index (χ0n) is 11.1. The number of halogens is 1.